The SMILES string of the molecule is CC1(C)[C@@H](OC(O)CCC=O)CC[C@]2(C)[C@H]3C[C@@H](O)[C@@H]4[C@@H](C5CCC(=O)O5)CC[C@@]4(C)[C@]3(C)CC[C@@H]12. The molecule has 5 rings (SSSR count). The summed E-state index contributed by atoms with van der Waals surface area (Å²) in [6.45, 7) is 12.0. The Bertz CT molecular complexity index is 872. The van der Waals surface area contributed by atoms with Gasteiger partial charge in [-0.2, -0.15) is 0 Å². The highest BCUT2D eigenvalue weighted by Gasteiger charge is 2.71. The van der Waals surface area contributed by atoms with Gasteiger partial charge >= 0.3 is 5.97 Å². The van der Waals surface area contributed by atoms with Crippen LogP contribution in [0.2, 0.25) is 0 Å². The lowest BCUT2D eigenvalue weighted by Crippen LogP contribution is -2.66. The second kappa shape index (κ2) is 9.05. The standard InChI is InChI=1S/C30H48O6/c1-27(2)21-11-15-29(4)22(28(21,3)13-12-23(27)36-24(33)7-6-16-31)17-19(32)26-18(10-14-30(26,29)5)20-8-9-25(34)35-20/h16,18-24,26,32-33H,6-15,17H2,1-5H3/t18-,19-,20?,21+,22-,23+,24?,26+,28+,29-,30-/m1/s1. The summed E-state index contributed by atoms with van der Waals surface area (Å²) in [5, 5.41) is 22.2. The van der Waals surface area contributed by atoms with Crippen molar-refractivity contribution >= 4 is 12.3 Å². The molecular formula is C30H48O6. The van der Waals surface area contributed by atoms with Gasteiger partial charge in [-0.1, -0.05) is 34.6 Å². The van der Waals surface area contributed by atoms with Gasteiger partial charge in [0.15, 0.2) is 6.29 Å². The lowest BCUT2D eigenvalue weighted by Gasteiger charge is -2.70. The van der Waals surface area contributed by atoms with Crippen LogP contribution in [-0.2, 0) is 19.1 Å². The number of aliphatic hydroxyl groups excluding tert-OH is 2. The Hall–Kier alpha value is -0.980. The first kappa shape index (κ1) is 26.6. The Balaban J connectivity index is 1.40. The van der Waals surface area contributed by atoms with Gasteiger partial charge in [-0.05, 0) is 90.8 Å². The van der Waals surface area contributed by atoms with Crippen LogP contribution < -0.4 is 0 Å². The molecule has 5 fully saturated rings. The van der Waals surface area contributed by atoms with Gasteiger partial charge in [-0.3, -0.25) is 4.79 Å². The van der Waals surface area contributed by atoms with Crippen LogP contribution in [-0.4, -0.2) is 47.1 Å². The summed E-state index contributed by atoms with van der Waals surface area (Å²) >= 11 is 0. The molecule has 0 bridgehead atoms. The van der Waals surface area contributed by atoms with Crippen molar-refractivity contribution in [3.63, 3.8) is 0 Å². The summed E-state index contributed by atoms with van der Waals surface area (Å²) in [4.78, 5) is 22.7. The van der Waals surface area contributed by atoms with Gasteiger partial charge in [0.2, 0.25) is 0 Å². The topological polar surface area (TPSA) is 93.1 Å². The summed E-state index contributed by atoms with van der Waals surface area (Å²) in [7, 11) is 0. The van der Waals surface area contributed by atoms with Crippen LogP contribution in [0.25, 0.3) is 0 Å². The van der Waals surface area contributed by atoms with Crippen LogP contribution in [0.3, 0.4) is 0 Å². The second-order valence-corrected chi connectivity index (χ2v) is 14.3. The summed E-state index contributed by atoms with van der Waals surface area (Å²) in [6, 6.07) is 0. The second-order valence-electron chi connectivity index (χ2n) is 14.3. The molecule has 5 aliphatic rings. The number of carbonyl (C=O) groups is 2. The Labute approximate surface area is 216 Å². The van der Waals surface area contributed by atoms with Crippen LogP contribution in [0.4, 0.5) is 0 Å². The van der Waals surface area contributed by atoms with Crippen LogP contribution in [0.1, 0.15) is 105 Å². The van der Waals surface area contributed by atoms with E-state index >= 15 is 0 Å². The molecule has 11 atom stereocenters. The van der Waals surface area contributed by atoms with Crippen molar-refractivity contribution in [1.29, 1.82) is 0 Å². The minimum Gasteiger partial charge on any atom is -0.462 e. The molecule has 36 heavy (non-hydrogen) atoms. The molecule has 4 saturated carbocycles. The molecule has 0 aromatic carbocycles. The lowest BCUT2D eigenvalue weighted by atomic mass is 9.35. The number of hydrogen-bond donors (Lipinski definition) is 2. The summed E-state index contributed by atoms with van der Waals surface area (Å²) in [5.41, 5.74) is 0.157. The molecule has 0 radical (unpaired) electrons. The monoisotopic (exact) mass is 504 g/mol. The number of ether oxygens (including phenoxy) is 2. The average molecular weight is 505 g/mol. The third-order valence-corrected chi connectivity index (χ3v) is 12.6. The van der Waals surface area contributed by atoms with E-state index in [0.29, 0.717) is 31.1 Å². The molecule has 6 nitrogen and oxygen atoms in total. The van der Waals surface area contributed by atoms with Crippen molar-refractivity contribution in [2.24, 2.45) is 45.3 Å². The largest absolute Gasteiger partial charge is 0.462 e. The minimum atomic E-state index is -0.894. The maximum Gasteiger partial charge on any atom is 0.306 e. The van der Waals surface area contributed by atoms with Crippen LogP contribution in [0, 0.1) is 45.3 Å². The van der Waals surface area contributed by atoms with Crippen molar-refractivity contribution in [3.8, 4) is 0 Å². The maximum atomic E-state index is 11.9. The molecule has 1 saturated heterocycles. The van der Waals surface area contributed by atoms with Crippen molar-refractivity contribution in [2.75, 3.05) is 0 Å². The number of esters is 1. The molecule has 2 unspecified atom stereocenters. The van der Waals surface area contributed by atoms with E-state index in [9.17, 15) is 19.8 Å². The Morgan fingerprint density at radius 2 is 1.75 bits per heavy atom. The average Bonchev–Trinajstić information content (AvgIpc) is 3.40. The molecule has 2 N–H and O–H groups in total. The predicted octanol–water partition coefficient (Wildman–Crippen LogP) is 5.03. The van der Waals surface area contributed by atoms with E-state index in [1.807, 2.05) is 0 Å². The minimum absolute atomic E-state index is 0.0248. The zero-order valence-corrected chi connectivity index (χ0v) is 23.0. The van der Waals surface area contributed by atoms with Crippen molar-refractivity contribution in [1.82, 2.24) is 0 Å². The fraction of sp³-hybridized carbons (Fsp3) is 0.933. The quantitative estimate of drug-likeness (QED) is 0.299. The van der Waals surface area contributed by atoms with Crippen LogP contribution in [0.15, 0.2) is 0 Å². The first-order valence-corrected chi connectivity index (χ1v) is 14.5. The molecule has 0 amide bonds. The molecule has 0 aromatic rings. The zero-order valence-electron chi connectivity index (χ0n) is 23.0. The highest BCUT2D eigenvalue weighted by atomic mass is 16.6. The van der Waals surface area contributed by atoms with Crippen molar-refractivity contribution in [3.05, 3.63) is 0 Å². The molecule has 1 heterocycles. The van der Waals surface area contributed by atoms with E-state index < -0.39 is 6.29 Å². The van der Waals surface area contributed by atoms with Gasteiger partial charge < -0.3 is 24.5 Å². The molecule has 0 aromatic heterocycles. The Kier molecular flexibility index (Phi) is 6.69. The zero-order chi connectivity index (χ0) is 26.1. The van der Waals surface area contributed by atoms with Gasteiger partial charge in [-0.15, -0.1) is 0 Å². The smallest absolute Gasteiger partial charge is 0.306 e. The van der Waals surface area contributed by atoms with E-state index in [2.05, 4.69) is 34.6 Å². The van der Waals surface area contributed by atoms with E-state index in [4.69, 9.17) is 9.47 Å². The number of fused-ring (bicyclic) bond motifs is 5. The van der Waals surface area contributed by atoms with E-state index in [0.717, 1.165) is 57.7 Å². The summed E-state index contributed by atoms with van der Waals surface area (Å²) < 4.78 is 11.9. The number of cyclic esters (lactones) is 1. The van der Waals surface area contributed by atoms with Gasteiger partial charge in [-0.25, -0.2) is 0 Å². The molecule has 0 spiro atoms. The Morgan fingerprint density at radius 1 is 1.03 bits per heavy atom. The third-order valence-electron chi connectivity index (χ3n) is 12.6. The van der Waals surface area contributed by atoms with Crippen LogP contribution >= 0.6 is 0 Å². The number of hydrogen-bond acceptors (Lipinski definition) is 6. The number of carbonyl (C=O) groups excluding carboxylic acids is 2. The van der Waals surface area contributed by atoms with Crippen LogP contribution in [0.5, 0.6) is 0 Å². The van der Waals surface area contributed by atoms with E-state index in [-0.39, 0.29) is 57.8 Å². The summed E-state index contributed by atoms with van der Waals surface area (Å²) in [5.74, 6) is 1.25. The molecule has 6 heteroatoms. The summed E-state index contributed by atoms with van der Waals surface area (Å²) in [6.07, 6.45) is 8.65. The first-order chi connectivity index (χ1) is 16.9. The van der Waals surface area contributed by atoms with E-state index in [1.54, 1.807) is 0 Å². The van der Waals surface area contributed by atoms with Crippen molar-refractivity contribution in [2.45, 2.75) is 130 Å². The fourth-order valence-corrected chi connectivity index (χ4v) is 10.8. The number of rotatable bonds is 6. The fourth-order valence-electron chi connectivity index (χ4n) is 10.8. The first-order valence-electron chi connectivity index (χ1n) is 14.5. The predicted molar refractivity (Wildman–Crippen MR) is 136 cm³/mol. The van der Waals surface area contributed by atoms with Crippen molar-refractivity contribution < 1.29 is 29.3 Å². The van der Waals surface area contributed by atoms with Gasteiger partial charge in [0.25, 0.3) is 0 Å². The van der Waals surface area contributed by atoms with Gasteiger partial charge in [0.1, 0.15) is 12.4 Å². The molecule has 4 aliphatic carbocycles. The Morgan fingerprint density at radius 3 is 2.42 bits per heavy atom. The van der Waals surface area contributed by atoms with E-state index in [1.165, 1.54) is 0 Å². The lowest BCUT2D eigenvalue weighted by molar-refractivity contribution is -0.263. The highest BCUT2D eigenvalue weighted by Crippen LogP contribution is 2.75. The molecule has 204 valence electrons. The highest BCUT2D eigenvalue weighted by molar-refractivity contribution is 5.71. The number of aliphatic hydroxyl groups is 2. The maximum absolute atomic E-state index is 11.9. The third kappa shape index (κ3) is 3.75. The molecular weight excluding hydrogens is 456 g/mol. The van der Waals surface area contributed by atoms with Gasteiger partial charge in [0, 0.05) is 25.2 Å². The normalized spacial score (nSPS) is 50.5. The molecule has 1 aliphatic heterocycles. The number of aldehydes is 1. The van der Waals surface area contributed by atoms with Gasteiger partial charge in [0.05, 0.1) is 12.2 Å².